The molecule has 2 aromatic rings. The van der Waals surface area contributed by atoms with Crippen LogP contribution >= 0.6 is 23.7 Å². The van der Waals surface area contributed by atoms with E-state index >= 15 is 0 Å². The average Bonchev–Trinajstić information content (AvgIpc) is 2.53. The van der Waals surface area contributed by atoms with E-state index in [1.54, 1.807) is 11.3 Å². The lowest BCUT2D eigenvalue weighted by Crippen LogP contribution is -1.92. The number of hydrogen-bond acceptors (Lipinski definition) is 2. The maximum Gasteiger partial charge on any atom is 0.166 e. The summed E-state index contributed by atoms with van der Waals surface area (Å²) in [5.41, 5.74) is 1.88. The highest BCUT2D eigenvalue weighted by Gasteiger charge is 2.03. The van der Waals surface area contributed by atoms with Crippen molar-refractivity contribution >= 4 is 40.2 Å². The number of halogens is 1. The van der Waals surface area contributed by atoms with Gasteiger partial charge in [-0.2, -0.15) is 0 Å². The molecule has 0 unspecified atom stereocenters. The van der Waals surface area contributed by atoms with E-state index in [0.29, 0.717) is 0 Å². The third-order valence-corrected chi connectivity index (χ3v) is 2.67. The van der Waals surface area contributed by atoms with Crippen molar-refractivity contribution in [1.29, 1.82) is 0 Å². The smallest absolute Gasteiger partial charge is 0.166 e. The minimum absolute atomic E-state index is 0. The Kier molecular flexibility index (Phi) is 2.55. The second kappa shape index (κ2) is 3.29. The van der Waals surface area contributed by atoms with Crippen molar-refractivity contribution in [3.05, 3.63) is 23.2 Å². The minimum Gasteiger partial charge on any atom is -0.341 e. The van der Waals surface area contributed by atoms with Gasteiger partial charge in [0.1, 0.15) is 0 Å². The van der Waals surface area contributed by atoms with Crippen molar-refractivity contribution in [2.75, 3.05) is 0 Å². The summed E-state index contributed by atoms with van der Waals surface area (Å²) in [5.74, 6) is 0. The number of hydrogen-bond donors (Lipinski definition) is 0. The highest BCUT2D eigenvalue weighted by molar-refractivity contribution is 7.17. The lowest BCUT2D eigenvalue weighted by atomic mass is 10.5. The van der Waals surface area contributed by atoms with E-state index in [1.807, 2.05) is 29.1 Å². The molecule has 0 spiro atoms. The topological polar surface area (TPSA) is 22.0 Å². The van der Waals surface area contributed by atoms with Crippen LogP contribution in [0.5, 0.6) is 0 Å². The lowest BCUT2D eigenvalue weighted by molar-refractivity contribution is 0.111. The van der Waals surface area contributed by atoms with E-state index in [1.165, 1.54) is 4.70 Å². The summed E-state index contributed by atoms with van der Waals surface area (Å²) in [6.07, 6.45) is 0.882. The normalized spacial score (nSPS) is 9.75. The van der Waals surface area contributed by atoms with Gasteiger partial charge in [-0.3, -0.25) is 4.79 Å². The van der Waals surface area contributed by atoms with Gasteiger partial charge in [0.2, 0.25) is 0 Å². The van der Waals surface area contributed by atoms with Crippen molar-refractivity contribution < 1.29 is 4.79 Å². The van der Waals surface area contributed by atoms with Crippen LogP contribution < -0.4 is 0 Å². The van der Waals surface area contributed by atoms with Crippen LogP contribution in [-0.2, 0) is 7.05 Å². The van der Waals surface area contributed by atoms with Gasteiger partial charge < -0.3 is 4.57 Å². The van der Waals surface area contributed by atoms with Gasteiger partial charge >= 0.3 is 0 Å². The molecule has 0 aliphatic rings. The molecule has 2 heterocycles. The van der Waals surface area contributed by atoms with E-state index in [4.69, 9.17) is 0 Å². The number of carbonyl (C=O) groups is 1. The Labute approximate surface area is 80.2 Å². The van der Waals surface area contributed by atoms with Crippen molar-refractivity contribution in [3.63, 3.8) is 0 Å². The predicted octanol–water partition coefficient (Wildman–Crippen LogP) is 2.47. The summed E-state index contributed by atoms with van der Waals surface area (Å²) in [7, 11) is 1.90. The highest BCUT2D eigenvalue weighted by Crippen LogP contribution is 2.22. The Morgan fingerprint density at radius 2 is 2.33 bits per heavy atom. The molecule has 2 rings (SSSR count). The zero-order valence-corrected chi connectivity index (χ0v) is 8.11. The summed E-state index contributed by atoms with van der Waals surface area (Å²) in [6.45, 7) is 0. The van der Waals surface area contributed by atoms with Gasteiger partial charge in [0.05, 0.1) is 15.9 Å². The molecule has 0 amide bonds. The Hall–Kier alpha value is -0.800. The molecule has 0 radical (unpaired) electrons. The lowest BCUT2D eigenvalue weighted by Gasteiger charge is -1.92. The number of aromatic nitrogens is 1. The number of rotatable bonds is 1. The Balaban J connectivity index is 0.000000720. The molecular formula is C8H8ClNOS. The summed E-state index contributed by atoms with van der Waals surface area (Å²) >= 11 is 1.66. The number of aryl methyl sites for hydroxylation is 1. The maximum absolute atomic E-state index is 10.5. The van der Waals surface area contributed by atoms with Crippen LogP contribution in [0.15, 0.2) is 17.5 Å². The molecule has 0 aromatic carbocycles. The van der Waals surface area contributed by atoms with Gasteiger partial charge in [-0.15, -0.1) is 23.7 Å². The monoisotopic (exact) mass is 201 g/mol. The van der Waals surface area contributed by atoms with Crippen LogP contribution in [-0.4, -0.2) is 10.9 Å². The first-order valence-electron chi connectivity index (χ1n) is 3.31. The molecule has 0 aliphatic carbocycles. The fraction of sp³-hybridized carbons (Fsp3) is 0.125. The maximum atomic E-state index is 10.5. The summed E-state index contributed by atoms with van der Waals surface area (Å²) in [6, 6.07) is 3.93. The zero-order chi connectivity index (χ0) is 7.84. The Morgan fingerprint density at radius 1 is 1.58 bits per heavy atom. The van der Waals surface area contributed by atoms with Crippen molar-refractivity contribution in [2.24, 2.45) is 7.05 Å². The molecule has 0 saturated heterocycles. The Morgan fingerprint density at radius 3 is 2.92 bits per heavy atom. The SMILES string of the molecule is Cl.Cn1c(C=O)cc2sccc21. The number of nitrogens with zero attached hydrogens (tertiary/aromatic N) is 1. The first-order chi connectivity index (χ1) is 5.33. The molecule has 4 heteroatoms. The van der Waals surface area contributed by atoms with Gasteiger partial charge in [-0.05, 0) is 17.5 Å². The number of aldehydes is 1. The number of fused-ring (bicyclic) bond motifs is 1. The first-order valence-corrected chi connectivity index (χ1v) is 4.19. The van der Waals surface area contributed by atoms with Crippen LogP contribution in [0.4, 0.5) is 0 Å². The molecule has 64 valence electrons. The fourth-order valence-electron chi connectivity index (χ4n) is 1.18. The number of carbonyl (C=O) groups excluding carboxylic acids is 1. The fourth-order valence-corrected chi connectivity index (χ4v) is 2.04. The van der Waals surface area contributed by atoms with Gasteiger partial charge in [0.15, 0.2) is 6.29 Å². The van der Waals surface area contributed by atoms with Crippen LogP contribution in [0.1, 0.15) is 10.5 Å². The number of thiophene rings is 1. The summed E-state index contributed by atoms with van der Waals surface area (Å²) in [5, 5.41) is 2.03. The molecule has 0 atom stereocenters. The minimum atomic E-state index is 0. The molecule has 0 aliphatic heterocycles. The average molecular weight is 202 g/mol. The van der Waals surface area contributed by atoms with Crippen LogP contribution in [0.25, 0.3) is 10.2 Å². The highest BCUT2D eigenvalue weighted by atomic mass is 35.5. The molecule has 0 N–H and O–H groups in total. The Bertz CT molecular complexity index is 404. The van der Waals surface area contributed by atoms with Crippen LogP contribution in [0.2, 0.25) is 0 Å². The first kappa shape index (κ1) is 9.29. The van der Waals surface area contributed by atoms with E-state index in [2.05, 4.69) is 0 Å². The second-order valence-electron chi connectivity index (χ2n) is 2.42. The predicted molar refractivity (Wildman–Crippen MR) is 53.4 cm³/mol. The summed E-state index contributed by atoms with van der Waals surface area (Å²) in [4.78, 5) is 10.5. The molecule has 2 nitrogen and oxygen atoms in total. The molecule has 12 heavy (non-hydrogen) atoms. The van der Waals surface area contributed by atoms with Gasteiger partial charge in [-0.25, -0.2) is 0 Å². The third kappa shape index (κ3) is 1.15. The van der Waals surface area contributed by atoms with Gasteiger partial charge in [0, 0.05) is 7.05 Å². The van der Waals surface area contributed by atoms with Crippen molar-refractivity contribution in [1.82, 2.24) is 4.57 Å². The van der Waals surface area contributed by atoms with E-state index in [0.717, 1.165) is 17.5 Å². The van der Waals surface area contributed by atoms with Gasteiger partial charge in [-0.1, -0.05) is 0 Å². The summed E-state index contributed by atoms with van der Waals surface area (Å²) < 4.78 is 3.08. The van der Waals surface area contributed by atoms with Crippen LogP contribution in [0.3, 0.4) is 0 Å². The van der Waals surface area contributed by atoms with E-state index < -0.39 is 0 Å². The van der Waals surface area contributed by atoms with E-state index in [9.17, 15) is 4.79 Å². The molecule has 2 aromatic heterocycles. The quantitative estimate of drug-likeness (QED) is 0.650. The third-order valence-electron chi connectivity index (χ3n) is 1.82. The van der Waals surface area contributed by atoms with Gasteiger partial charge in [0.25, 0.3) is 0 Å². The molecular weight excluding hydrogens is 194 g/mol. The zero-order valence-electron chi connectivity index (χ0n) is 6.48. The molecule has 0 bridgehead atoms. The standard InChI is InChI=1S/C8H7NOS.ClH/c1-9-6(5-10)4-8-7(9)2-3-11-8;/h2-5H,1H3;1H. The van der Waals surface area contributed by atoms with E-state index in [-0.39, 0.29) is 12.4 Å². The molecule has 0 fully saturated rings. The largest absolute Gasteiger partial charge is 0.341 e. The van der Waals surface area contributed by atoms with Crippen molar-refractivity contribution in [2.45, 2.75) is 0 Å². The second-order valence-corrected chi connectivity index (χ2v) is 3.36. The van der Waals surface area contributed by atoms with Crippen molar-refractivity contribution in [3.8, 4) is 0 Å². The van der Waals surface area contributed by atoms with Crippen LogP contribution in [0, 0.1) is 0 Å². The molecule has 0 saturated carbocycles.